The maximum absolute atomic E-state index is 9.77. The summed E-state index contributed by atoms with van der Waals surface area (Å²) in [6.45, 7) is 1.46. The molecule has 0 radical (unpaired) electrons. The second-order valence-corrected chi connectivity index (χ2v) is 1.61. The molecule has 9 heavy (non-hydrogen) atoms. The van der Waals surface area contributed by atoms with Crippen LogP contribution in [0.2, 0.25) is 0 Å². The summed E-state index contributed by atoms with van der Waals surface area (Å²) in [7, 11) is 0. The molecule has 1 atom stereocenters. The van der Waals surface area contributed by atoms with Crippen molar-refractivity contribution in [3.63, 3.8) is 0 Å². The molecule has 0 aromatic heterocycles. The Morgan fingerprint density at radius 3 is 2.89 bits per heavy atom. The Kier molecular flexibility index (Phi) is 3.62. The maximum Gasteiger partial charge on any atom is 0.179 e. The molecule has 0 aromatic rings. The van der Waals surface area contributed by atoms with Crippen LogP contribution in [-0.2, 0) is 9.53 Å². The molecule has 0 fully saturated rings. The summed E-state index contributed by atoms with van der Waals surface area (Å²) in [4.78, 5) is 9.77. The third kappa shape index (κ3) is 4.96. The zero-order chi connectivity index (χ0) is 7.28. The fourth-order valence-electron chi connectivity index (χ4n) is 0.370. The van der Waals surface area contributed by atoms with Crippen LogP contribution >= 0.6 is 0 Å². The van der Waals surface area contributed by atoms with Crippen molar-refractivity contribution in [2.75, 3.05) is 0 Å². The molecule has 0 aliphatic rings. The van der Waals surface area contributed by atoms with E-state index < -0.39 is 6.23 Å². The van der Waals surface area contributed by atoms with Gasteiger partial charge in [0.05, 0.1) is 6.42 Å². The van der Waals surface area contributed by atoms with Crippen LogP contribution < -0.4 is 5.73 Å². The van der Waals surface area contributed by atoms with E-state index in [1.165, 1.54) is 6.92 Å². The Morgan fingerprint density at radius 1 is 2.00 bits per heavy atom. The third-order valence-corrected chi connectivity index (χ3v) is 0.657. The lowest BCUT2D eigenvalue weighted by molar-refractivity contribution is -0.109. The highest BCUT2D eigenvalue weighted by molar-refractivity contribution is 5.69. The van der Waals surface area contributed by atoms with E-state index in [-0.39, 0.29) is 12.3 Å². The molecule has 0 saturated carbocycles. The van der Waals surface area contributed by atoms with E-state index in [1.54, 1.807) is 0 Å². The highest BCUT2D eigenvalue weighted by Gasteiger charge is 2.00. The number of rotatable bonds is 3. The molecule has 0 bridgehead atoms. The van der Waals surface area contributed by atoms with E-state index in [2.05, 4.69) is 4.74 Å². The minimum absolute atomic E-state index is 0.0318. The van der Waals surface area contributed by atoms with Crippen LogP contribution in [-0.4, -0.2) is 18.4 Å². The summed E-state index contributed by atoms with van der Waals surface area (Å²) in [5.74, 6) is 0.0318. The fraction of sp³-hybridized carbons (Fsp3) is 0.600. The van der Waals surface area contributed by atoms with Gasteiger partial charge < -0.3 is 9.53 Å². The summed E-state index contributed by atoms with van der Waals surface area (Å²) >= 11 is 0. The predicted molar refractivity (Wildman–Crippen MR) is 33.1 cm³/mol. The normalized spacial score (nSPS) is 12.2. The predicted octanol–water partition coefficient (Wildman–Crippen LogP) is -0.126. The van der Waals surface area contributed by atoms with Gasteiger partial charge in [0.2, 0.25) is 0 Å². The monoisotopic (exact) mass is 130 g/mol. The topological polar surface area (TPSA) is 76.2 Å². The highest BCUT2D eigenvalue weighted by Crippen LogP contribution is 1.86. The van der Waals surface area contributed by atoms with E-state index in [0.29, 0.717) is 6.29 Å². The van der Waals surface area contributed by atoms with Crippen molar-refractivity contribution >= 4 is 12.2 Å². The van der Waals surface area contributed by atoms with Gasteiger partial charge in [-0.3, -0.25) is 11.1 Å². The molecule has 0 rings (SSSR count). The lowest BCUT2D eigenvalue weighted by Gasteiger charge is -2.08. The summed E-state index contributed by atoms with van der Waals surface area (Å²) < 4.78 is 4.62. The molecule has 3 N–H and O–H groups in total. The summed E-state index contributed by atoms with van der Waals surface area (Å²) in [5, 5.41) is 6.79. The number of hydrogen-bond acceptors (Lipinski definition) is 4. The standard InChI is InChI=1S/C5H10N2O2/c1-4(6)9-5(7)2-3-8/h3,5-6H,2,7H2,1H3. The lowest BCUT2D eigenvalue weighted by Crippen LogP contribution is -2.25. The van der Waals surface area contributed by atoms with Gasteiger partial charge in [0.1, 0.15) is 6.29 Å². The van der Waals surface area contributed by atoms with Crippen LogP contribution in [0.25, 0.3) is 0 Å². The average Bonchev–Trinajstić information content (AvgIpc) is 1.63. The maximum atomic E-state index is 9.77. The van der Waals surface area contributed by atoms with Crippen molar-refractivity contribution in [1.29, 1.82) is 5.41 Å². The zero-order valence-corrected chi connectivity index (χ0v) is 5.26. The fourth-order valence-corrected chi connectivity index (χ4v) is 0.370. The van der Waals surface area contributed by atoms with Crippen molar-refractivity contribution in [3.8, 4) is 0 Å². The molecule has 0 amide bonds. The number of carbonyl (C=O) groups is 1. The zero-order valence-electron chi connectivity index (χ0n) is 5.26. The van der Waals surface area contributed by atoms with Crippen LogP contribution in [0.1, 0.15) is 13.3 Å². The van der Waals surface area contributed by atoms with Gasteiger partial charge in [0, 0.05) is 6.92 Å². The smallest absolute Gasteiger partial charge is 0.179 e. The Hall–Kier alpha value is -0.900. The Bertz CT molecular complexity index is 114. The average molecular weight is 130 g/mol. The summed E-state index contributed by atoms with van der Waals surface area (Å²) in [5.41, 5.74) is 5.19. The molecular formula is C5H10N2O2. The van der Waals surface area contributed by atoms with Crippen molar-refractivity contribution < 1.29 is 9.53 Å². The van der Waals surface area contributed by atoms with Crippen LogP contribution in [0.15, 0.2) is 0 Å². The van der Waals surface area contributed by atoms with Gasteiger partial charge in [-0.25, -0.2) is 0 Å². The molecule has 0 saturated heterocycles. The van der Waals surface area contributed by atoms with Crippen LogP contribution in [0.4, 0.5) is 0 Å². The number of ether oxygens (including phenoxy) is 1. The van der Waals surface area contributed by atoms with Gasteiger partial charge in [-0.1, -0.05) is 0 Å². The highest BCUT2D eigenvalue weighted by atomic mass is 16.5. The van der Waals surface area contributed by atoms with Crippen molar-refractivity contribution in [2.24, 2.45) is 5.73 Å². The van der Waals surface area contributed by atoms with Gasteiger partial charge in [-0.15, -0.1) is 0 Å². The molecule has 0 aliphatic carbocycles. The van der Waals surface area contributed by atoms with E-state index in [4.69, 9.17) is 11.1 Å². The second kappa shape index (κ2) is 4.03. The first kappa shape index (κ1) is 8.10. The van der Waals surface area contributed by atoms with E-state index >= 15 is 0 Å². The van der Waals surface area contributed by atoms with E-state index in [0.717, 1.165) is 0 Å². The lowest BCUT2D eigenvalue weighted by atomic mass is 10.4. The first-order valence-electron chi connectivity index (χ1n) is 2.58. The minimum Gasteiger partial charge on any atom is -0.463 e. The van der Waals surface area contributed by atoms with Crippen LogP contribution in [0, 0.1) is 5.41 Å². The molecule has 0 spiro atoms. The molecule has 0 aromatic carbocycles. The number of nitrogens with two attached hydrogens (primary N) is 1. The molecular weight excluding hydrogens is 120 g/mol. The molecule has 0 heterocycles. The second-order valence-electron chi connectivity index (χ2n) is 1.61. The van der Waals surface area contributed by atoms with Gasteiger partial charge in [0.25, 0.3) is 0 Å². The van der Waals surface area contributed by atoms with Gasteiger partial charge >= 0.3 is 0 Å². The Labute approximate surface area is 53.5 Å². The SMILES string of the molecule is CC(=N)OC(N)CC=O. The number of nitrogens with one attached hydrogen (secondary N) is 1. The molecule has 0 aliphatic heterocycles. The first-order chi connectivity index (χ1) is 4.16. The van der Waals surface area contributed by atoms with Crippen molar-refractivity contribution in [2.45, 2.75) is 19.6 Å². The van der Waals surface area contributed by atoms with E-state index in [9.17, 15) is 4.79 Å². The number of carbonyl (C=O) groups excluding carboxylic acids is 1. The minimum atomic E-state index is -0.653. The first-order valence-corrected chi connectivity index (χ1v) is 2.58. The van der Waals surface area contributed by atoms with Gasteiger partial charge in [-0.05, 0) is 0 Å². The molecule has 52 valence electrons. The van der Waals surface area contributed by atoms with Gasteiger partial charge in [-0.2, -0.15) is 0 Å². The Balaban J connectivity index is 3.37. The van der Waals surface area contributed by atoms with E-state index in [1.807, 2.05) is 0 Å². The number of hydrogen-bond donors (Lipinski definition) is 2. The third-order valence-electron chi connectivity index (χ3n) is 0.657. The summed E-state index contributed by atoms with van der Waals surface area (Å²) in [6.07, 6.45) is 0.143. The van der Waals surface area contributed by atoms with Crippen molar-refractivity contribution in [1.82, 2.24) is 0 Å². The quantitative estimate of drug-likeness (QED) is 0.242. The molecule has 1 unspecified atom stereocenters. The largest absolute Gasteiger partial charge is 0.463 e. The van der Waals surface area contributed by atoms with Gasteiger partial charge in [0.15, 0.2) is 12.1 Å². The van der Waals surface area contributed by atoms with Crippen LogP contribution in [0.3, 0.4) is 0 Å². The Morgan fingerprint density at radius 2 is 2.56 bits per heavy atom. The number of aldehydes is 1. The molecule has 4 nitrogen and oxygen atoms in total. The van der Waals surface area contributed by atoms with Crippen molar-refractivity contribution in [3.05, 3.63) is 0 Å². The molecule has 4 heteroatoms. The summed E-state index contributed by atoms with van der Waals surface area (Å²) in [6, 6.07) is 0. The van der Waals surface area contributed by atoms with Crippen LogP contribution in [0.5, 0.6) is 0 Å².